The number of benzene rings is 1. The molecule has 0 saturated carbocycles. The molecule has 1 aromatic carbocycles. The largest absolute Gasteiger partial charge is 0.497 e. The van der Waals surface area contributed by atoms with Crippen LogP contribution in [0, 0.1) is 17.0 Å². The maximum absolute atomic E-state index is 14.0. The maximum atomic E-state index is 14.0. The van der Waals surface area contributed by atoms with Crippen molar-refractivity contribution in [3.05, 3.63) is 29.3 Å². The molecule has 0 aromatic heterocycles. The highest BCUT2D eigenvalue weighted by molar-refractivity contribution is 5.30. The molecule has 1 atom stereocenters. The third kappa shape index (κ3) is 3.04. The van der Waals surface area contributed by atoms with E-state index in [0.29, 0.717) is 12.0 Å². The van der Waals surface area contributed by atoms with Gasteiger partial charge in [-0.05, 0) is 37.8 Å². The molecule has 5 heteroatoms. The molecule has 0 bridgehead atoms. The van der Waals surface area contributed by atoms with E-state index < -0.39 is 11.6 Å². The highest BCUT2D eigenvalue weighted by atomic mass is 19.1. The zero-order chi connectivity index (χ0) is 14.9. The van der Waals surface area contributed by atoms with Gasteiger partial charge in [-0.15, -0.1) is 0 Å². The van der Waals surface area contributed by atoms with E-state index in [1.807, 2.05) is 0 Å². The number of rotatable bonds is 3. The van der Waals surface area contributed by atoms with Crippen LogP contribution in [0.3, 0.4) is 0 Å². The summed E-state index contributed by atoms with van der Waals surface area (Å²) in [7, 11) is 1.41. The van der Waals surface area contributed by atoms with Gasteiger partial charge in [-0.3, -0.25) is 4.90 Å². The summed E-state index contributed by atoms with van der Waals surface area (Å²) in [4.78, 5) is 2.17. The number of nitrogens with one attached hydrogen (secondary N) is 1. The predicted octanol–water partition coefficient (Wildman–Crippen LogP) is 2.55. The van der Waals surface area contributed by atoms with E-state index in [0.717, 1.165) is 32.6 Å². The van der Waals surface area contributed by atoms with Crippen molar-refractivity contribution in [1.29, 1.82) is 0 Å². The van der Waals surface area contributed by atoms with Crippen LogP contribution in [0.2, 0.25) is 0 Å². The van der Waals surface area contributed by atoms with Gasteiger partial charge in [-0.2, -0.15) is 0 Å². The Balaban J connectivity index is 1.70. The standard InChI is InChI=1S/C16H22F2N2O/c1-21-12-7-14(17)13(15(18)8-12)9-20-6-4-16(11-20)3-2-5-19-10-16/h7-8,19H,2-6,9-11H2,1H3/t16-/m1/s1. The fraction of sp³-hybridized carbons (Fsp3) is 0.625. The summed E-state index contributed by atoms with van der Waals surface area (Å²) in [6, 6.07) is 2.51. The third-order valence-electron chi connectivity index (χ3n) is 4.81. The number of methoxy groups -OCH3 is 1. The van der Waals surface area contributed by atoms with Crippen molar-refractivity contribution in [3.8, 4) is 5.75 Å². The van der Waals surface area contributed by atoms with E-state index in [2.05, 4.69) is 10.2 Å². The van der Waals surface area contributed by atoms with E-state index in [1.54, 1.807) is 0 Å². The first-order valence-electron chi connectivity index (χ1n) is 7.57. The average Bonchev–Trinajstić information content (AvgIpc) is 2.86. The minimum atomic E-state index is -0.519. The Morgan fingerprint density at radius 1 is 1.29 bits per heavy atom. The van der Waals surface area contributed by atoms with E-state index in [1.165, 1.54) is 32.1 Å². The predicted molar refractivity (Wildman–Crippen MR) is 77.3 cm³/mol. The van der Waals surface area contributed by atoms with Crippen molar-refractivity contribution < 1.29 is 13.5 Å². The SMILES string of the molecule is COc1cc(F)c(CN2CC[C@@]3(CCCNC3)C2)c(F)c1. The number of hydrogen-bond donors (Lipinski definition) is 1. The van der Waals surface area contributed by atoms with Gasteiger partial charge in [0.05, 0.1) is 7.11 Å². The lowest BCUT2D eigenvalue weighted by molar-refractivity contribution is 0.197. The van der Waals surface area contributed by atoms with Crippen LogP contribution in [-0.2, 0) is 6.54 Å². The molecule has 0 unspecified atom stereocenters. The van der Waals surface area contributed by atoms with Crippen molar-refractivity contribution in [2.24, 2.45) is 5.41 Å². The third-order valence-corrected chi connectivity index (χ3v) is 4.81. The van der Waals surface area contributed by atoms with Gasteiger partial charge >= 0.3 is 0 Å². The average molecular weight is 296 g/mol. The lowest BCUT2D eigenvalue weighted by Crippen LogP contribution is -2.41. The highest BCUT2D eigenvalue weighted by Crippen LogP contribution is 2.37. The van der Waals surface area contributed by atoms with Crippen molar-refractivity contribution in [1.82, 2.24) is 10.2 Å². The Morgan fingerprint density at radius 3 is 2.67 bits per heavy atom. The molecule has 0 amide bonds. The van der Waals surface area contributed by atoms with Crippen molar-refractivity contribution in [3.63, 3.8) is 0 Å². The molecule has 1 aromatic rings. The first kappa shape index (κ1) is 14.7. The van der Waals surface area contributed by atoms with Gasteiger partial charge in [0.1, 0.15) is 17.4 Å². The second kappa shape index (κ2) is 5.89. The Morgan fingerprint density at radius 2 is 2.05 bits per heavy atom. The smallest absolute Gasteiger partial charge is 0.134 e. The number of nitrogens with zero attached hydrogens (tertiary/aromatic N) is 1. The number of piperidine rings is 1. The molecule has 2 heterocycles. The molecule has 0 radical (unpaired) electrons. The molecule has 2 aliphatic rings. The number of hydrogen-bond acceptors (Lipinski definition) is 3. The summed E-state index contributed by atoms with van der Waals surface area (Å²) in [6.07, 6.45) is 3.52. The highest BCUT2D eigenvalue weighted by Gasteiger charge is 2.39. The molecule has 2 fully saturated rings. The van der Waals surface area contributed by atoms with Crippen LogP contribution in [0.5, 0.6) is 5.75 Å². The van der Waals surface area contributed by atoms with Gasteiger partial charge < -0.3 is 10.1 Å². The van der Waals surface area contributed by atoms with Gasteiger partial charge in [0.15, 0.2) is 0 Å². The zero-order valence-electron chi connectivity index (χ0n) is 12.4. The quantitative estimate of drug-likeness (QED) is 0.928. The zero-order valence-corrected chi connectivity index (χ0v) is 12.4. The monoisotopic (exact) mass is 296 g/mol. The maximum Gasteiger partial charge on any atom is 0.134 e. The molecule has 3 rings (SSSR count). The Kier molecular flexibility index (Phi) is 4.13. The second-order valence-electron chi connectivity index (χ2n) is 6.31. The first-order valence-corrected chi connectivity index (χ1v) is 7.57. The van der Waals surface area contributed by atoms with Crippen LogP contribution in [0.4, 0.5) is 8.78 Å². The van der Waals surface area contributed by atoms with Crippen LogP contribution in [-0.4, -0.2) is 38.2 Å². The summed E-state index contributed by atoms with van der Waals surface area (Å²) in [5.74, 6) is -0.813. The van der Waals surface area contributed by atoms with Gasteiger partial charge in [-0.1, -0.05) is 0 Å². The lowest BCUT2D eigenvalue weighted by atomic mass is 9.80. The fourth-order valence-electron chi connectivity index (χ4n) is 3.61. The van der Waals surface area contributed by atoms with Crippen molar-refractivity contribution in [2.75, 3.05) is 33.3 Å². The van der Waals surface area contributed by atoms with E-state index in [4.69, 9.17) is 4.74 Å². The summed E-state index contributed by atoms with van der Waals surface area (Å²) < 4.78 is 32.9. The normalized spacial score (nSPS) is 26.4. The molecular formula is C16H22F2N2O. The number of likely N-dealkylation sites (tertiary alicyclic amines) is 1. The van der Waals surface area contributed by atoms with Crippen LogP contribution < -0.4 is 10.1 Å². The van der Waals surface area contributed by atoms with E-state index in [-0.39, 0.29) is 11.3 Å². The van der Waals surface area contributed by atoms with Gasteiger partial charge in [0, 0.05) is 37.3 Å². The fourth-order valence-corrected chi connectivity index (χ4v) is 3.61. The molecule has 1 N–H and O–H groups in total. The number of ether oxygens (including phenoxy) is 1. The Bertz CT molecular complexity index is 492. The molecule has 21 heavy (non-hydrogen) atoms. The van der Waals surface area contributed by atoms with Gasteiger partial charge in [0.2, 0.25) is 0 Å². The van der Waals surface area contributed by atoms with Crippen LogP contribution >= 0.6 is 0 Å². The number of halogens is 2. The molecule has 2 saturated heterocycles. The lowest BCUT2D eigenvalue weighted by Gasteiger charge is -2.34. The molecule has 2 aliphatic heterocycles. The summed E-state index contributed by atoms with van der Waals surface area (Å²) >= 11 is 0. The van der Waals surface area contributed by atoms with E-state index in [9.17, 15) is 8.78 Å². The van der Waals surface area contributed by atoms with Crippen LogP contribution in [0.15, 0.2) is 12.1 Å². The van der Waals surface area contributed by atoms with Crippen LogP contribution in [0.25, 0.3) is 0 Å². The Hall–Kier alpha value is -1.20. The van der Waals surface area contributed by atoms with Crippen LogP contribution in [0.1, 0.15) is 24.8 Å². The minimum absolute atomic E-state index is 0.150. The van der Waals surface area contributed by atoms with Gasteiger partial charge in [0.25, 0.3) is 0 Å². The molecule has 3 nitrogen and oxygen atoms in total. The molecular weight excluding hydrogens is 274 g/mol. The molecule has 0 aliphatic carbocycles. The Labute approximate surface area is 124 Å². The topological polar surface area (TPSA) is 24.5 Å². The molecule has 1 spiro atoms. The van der Waals surface area contributed by atoms with Gasteiger partial charge in [-0.25, -0.2) is 8.78 Å². The summed E-state index contributed by atoms with van der Waals surface area (Å²) in [5.41, 5.74) is 0.453. The van der Waals surface area contributed by atoms with Crippen molar-refractivity contribution >= 4 is 0 Å². The van der Waals surface area contributed by atoms with E-state index >= 15 is 0 Å². The summed E-state index contributed by atoms with van der Waals surface area (Å²) in [6.45, 7) is 4.28. The summed E-state index contributed by atoms with van der Waals surface area (Å²) in [5, 5.41) is 3.45. The first-order chi connectivity index (χ1) is 10.1. The second-order valence-corrected chi connectivity index (χ2v) is 6.31. The van der Waals surface area contributed by atoms with Crippen molar-refractivity contribution in [2.45, 2.75) is 25.8 Å². The molecule has 116 valence electrons. The minimum Gasteiger partial charge on any atom is -0.497 e.